The summed E-state index contributed by atoms with van der Waals surface area (Å²) in [6.45, 7) is 0. The van der Waals surface area contributed by atoms with Crippen LogP contribution in [0.1, 0.15) is 11.4 Å². The van der Waals surface area contributed by atoms with Crippen molar-refractivity contribution in [3.05, 3.63) is 23.7 Å². The molecule has 0 unspecified atom stereocenters. The van der Waals surface area contributed by atoms with Gasteiger partial charge in [-0.05, 0) is 0 Å². The number of aromatic nitrogens is 4. The van der Waals surface area contributed by atoms with E-state index >= 15 is 0 Å². The molecule has 2 aromatic rings. The van der Waals surface area contributed by atoms with E-state index in [0.717, 1.165) is 4.68 Å². The third-order valence-corrected chi connectivity index (χ3v) is 2.72. The Labute approximate surface area is 118 Å². The Balaban J connectivity index is 2.71. The van der Waals surface area contributed by atoms with E-state index in [1.807, 2.05) is 6.07 Å². The topological polar surface area (TPSA) is 70.6 Å². The third kappa shape index (κ3) is 2.79. The molecule has 0 saturated heterocycles. The summed E-state index contributed by atoms with van der Waals surface area (Å²) in [4.78, 5) is 1.57. The SMILES string of the molecule is CN(C)c1cc(C#N)nnc1-c1cn(C)nc1C(F)(F)F. The number of hydrogen-bond acceptors (Lipinski definition) is 5. The smallest absolute Gasteiger partial charge is 0.376 e. The van der Waals surface area contributed by atoms with Gasteiger partial charge in [0.05, 0.1) is 11.3 Å². The van der Waals surface area contributed by atoms with Crippen molar-refractivity contribution < 1.29 is 13.2 Å². The van der Waals surface area contributed by atoms with Crippen molar-refractivity contribution in [1.82, 2.24) is 20.0 Å². The highest BCUT2D eigenvalue weighted by molar-refractivity contribution is 5.76. The number of aryl methyl sites for hydroxylation is 1. The maximum absolute atomic E-state index is 13.0. The molecule has 0 aliphatic carbocycles. The molecule has 21 heavy (non-hydrogen) atoms. The van der Waals surface area contributed by atoms with Gasteiger partial charge >= 0.3 is 6.18 Å². The number of alkyl halides is 3. The first-order valence-electron chi connectivity index (χ1n) is 5.80. The van der Waals surface area contributed by atoms with Crippen LogP contribution in [0, 0.1) is 11.3 Å². The normalized spacial score (nSPS) is 11.3. The Morgan fingerprint density at radius 2 is 1.95 bits per heavy atom. The van der Waals surface area contributed by atoms with E-state index in [9.17, 15) is 13.2 Å². The van der Waals surface area contributed by atoms with Crippen molar-refractivity contribution in [1.29, 1.82) is 5.26 Å². The highest BCUT2D eigenvalue weighted by Crippen LogP contribution is 2.38. The fourth-order valence-electron chi connectivity index (χ4n) is 1.84. The predicted octanol–water partition coefficient (Wildman–Crippen LogP) is 1.83. The molecule has 2 rings (SSSR count). The standard InChI is InChI=1S/C12H11F3N6/c1-20(2)9-4-7(5-16)17-18-10(9)8-6-21(3)19-11(8)12(13,14)15/h4,6H,1-3H3. The van der Waals surface area contributed by atoms with Crippen LogP contribution in [0.2, 0.25) is 0 Å². The molecule has 0 radical (unpaired) electrons. The molecule has 0 aliphatic heterocycles. The lowest BCUT2D eigenvalue weighted by Crippen LogP contribution is -2.14. The molecule has 0 saturated carbocycles. The first-order chi connectivity index (χ1) is 9.74. The minimum absolute atomic E-state index is 0.0272. The number of nitriles is 1. The maximum Gasteiger partial charge on any atom is 0.435 e. The van der Waals surface area contributed by atoms with Gasteiger partial charge in [-0.1, -0.05) is 0 Å². The first kappa shape index (κ1) is 14.8. The molecular weight excluding hydrogens is 285 g/mol. The summed E-state index contributed by atoms with van der Waals surface area (Å²) in [7, 11) is 4.68. The van der Waals surface area contributed by atoms with E-state index in [4.69, 9.17) is 5.26 Å². The van der Waals surface area contributed by atoms with E-state index in [-0.39, 0.29) is 17.0 Å². The molecule has 6 nitrogen and oxygen atoms in total. The Morgan fingerprint density at radius 3 is 2.48 bits per heavy atom. The number of rotatable bonds is 2. The van der Waals surface area contributed by atoms with Crippen molar-refractivity contribution >= 4 is 5.69 Å². The van der Waals surface area contributed by atoms with Gasteiger partial charge in [-0.25, -0.2) is 0 Å². The quantitative estimate of drug-likeness (QED) is 0.845. The van der Waals surface area contributed by atoms with Crippen molar-refractivity contribution in [2.45, 2.75) is 6.18 Å². The molecule has 110 valence electrons. The van der Waals surface area contributed by atoms with Crippen LogP contribution in [0.25, 0.3) is 11.3 Å². The van der Waals surface area contributed by atoms with E-state index in [1.54, 1.807) is 19.0 Å². The van der Waals surface area contributed by atoms with Crippen molar-refractivity contribution in [2.24, 2.45) is 7.05 Å². The molecule has 0 bridgehead atoms. The van der Waals surface area contributed by atoms with Gasteiger partial charge in [-0.2, -0.15) is 23.5 Å². The molecule has 0 aliphatic rings. The molecule has 2 heterocycles. The average Bonchev–Trinajstić information content (AvgIpc) is 2.80. The summed E-state index contributed by atoms with van der Waals surface area (Å²) >= 11 is 0. The van der Waals surface area contributed by atoms with Gasteiger partial charge in [0.2, 0.25) is 0 Å². The zero-order valence-electron chi connectivity index (χ0n) is 11.5. The highest BCUT2D eigenvalue weighted by Gasteiger charge is 2.38. The second-order valence-electron chi connectivity index (χ2n) is 4.53. The largest absolute Gasteiger partial charge is 0.435 e. The van der Waals surface area contributed by atoms with Crippen LogP contribution in [0.5, 0.6) is 0 Å². The monoisotopic (exact) mass is 296 g/mol. The molecule has 0 atom stereocenters. The summed E-state index contributed by atoms with van der Waals surface area (Å²) < 4.78 is 40.2. The van der Waals surface area contributed by atoms with Crippen molar-refractivity contribution in [2.75, 3.05) is 19.0 Å². The summed E-state index contributed by atoms with van der Waals surface area (Å²) in [6.07, 6.45) is -3.37. The fourth-order valence-corrected chi connectivity index (χ4v) is 1.84. The number of nitrogens with zero attached hydrogens (tertiary/aromatic N) is 6. The Bertz CT molecular complexity index is 711. The lowest BCUT2D eigenvalue weighted by Gasteiger charge is -2.16. The van der Waals surface area contributed by atoms with Crippen molar-refractivity contribution in [3.63, 3.8) is 0 Å². The molecule has 0 aromatic carbocycles. The van der Waals surface area contributed by atoms with Crippen molar-refractivity contribution in [3.8, 4) is 17.3 Å². The molecule has 0 N–H and O–H groups in total. The first-order valence-corrected chi connectivity index (χ1v) is 5.80. The zero-order chi connectivity index (χ0) is 15.8. The van der Waals surface area contributed by atoms with Crippen LogP contribution in [0.4, 0.5) is 18.9 Å². The number of anilines is 1. The molecule has 0 spiro atoms. The Kier molecular flexibility index (Phi) is 3.55. The minimum Gasteiger partial charge on any atom is -0.376 e. The molecule has 2 aromatic heterocycles. The average molecular weight is 296 g/mol. The van der Waals surface area contributed by atoms with Gasteiger partial charge in [-0.3, -0.25) is 4.68 Å². The van der Waals surface area contributed by atoms with Crippen LogP contribution in [0.3, 0.4) is 0 Å². The summed E-state index contributed by atoms with van der Waals surface area (Å²) in [5.74, 6) is 0. The van der Waals surface area contributed by atoms with Gasteiger partial charge in [0.15, 0.2) is 11.4 Å². The van der Waals surface area contributed by atoms with E-state index in [1.165, 1.54) is 19.3 Å². The van der Waals surface area contributed by atoms with Gasteiger partial charge in [0.1, 0.15) is 11.8 Å². The van der Waals surface area contributed by atoms with Gasteiger partial charge in [0.25, 0.3) is 0 Å². The second-order valence-corrected chi connectivity index (χ2v) is 4.53. The maximum atomic E-state index is 13.0. The Hall–Kier alpha value is -2.63. The van der Waals surface area contributed by atoms with Crippen LogP contribution < -0.4 is 4.90 Å². The summed E-state index contributed by atoms with van der Waals surface area (Å²) in [6, 6.07) is 3.19. The summed E-state index contributed by atoms with van der Waals surface area (Å²) in [5.41, 5.74) is -0.794. The van der Waals surface area contributed by atoms with Crippen LogP contribution in [0.15, 0.2) is 12.3 Å². The van der Waals surface area contributed by atoms with Crippen LogP contribution >= 0.6 is 0 Å². The van der Waals surface area contributed by atoms with Crippen LogP contribution in [-0.2, 0) is 13.2 Å². The lowest BCUT2D eigenvalue weighted by atomic mass is 10.1. The molecule has 0 amide bonds. The van der Waals surface area contributed by atoms with Gasteiger partial charge in [-0.15, -0.1) is 10.2 Å². The van der Waals surface area contributed by atoms with E-state index < -0.39 is 11.9 Å². The number of halogens is 3. The van der Waals surface area contributed by atoms with E-state index in [0.29, 0.717) is 5.69 Å². The highest BCUT2D eigenvalue weighted by atomic mass is 19.4. The molecule has 0 fully saturated rings. The van der Waals surface area contributed by atoms with Crippen LogP contribution in [-0.4, -0.2) is 34.1 Å². The summed E-state index contributed by atoms with van der Waals surface area (Å²) in [5, 5.41) is 19.6. The number of hydrogen-bond donors (Lipinski definition) is 0. The van der Waals surface area contributed by atoms with Gasteiger partial charge < -0.3 is 4.90 Å². The van der Waals surface area contributed by atoms with Gasteiger partial charge in [0, 0.05) is 33.4 Å². The second kappa shape index (κ2) is 5.05. The molecular formula is C12H11F3N6. The fraction of sp³-hybridized carbons (Fsp3) is 0.333. The Morgan fingerprint density at radius 1 is 1.29 bits per heavy atom. The third-order valence-electron chi connectivity index (χ3n) is 2.72. The zero-order valence-corrected chi connectivity index (χ0v) is 11.5. The molecule has 9 heteroatoms. The van der Waals surface area contributed by atoms with E-state index in [2.05, 4.69) is 15.3 Å². The predicted molar refractivity (Wildman–Crippen MR) is 68.3 cm³/mol. The lowest BCUT2D eigenvalue weighted by molar-refractivity contribution is -0.141. The minimum atomic E-state index is -4.60.